The van der Waals surface area contributed by atoms with Crippen LogP contribution in [0.3, 0.4) is 0 Å². The third-order valence-corrected chi connectivity index (χ3v) is 13.7. The monoisotopic (exact) mass is 910 g/mol. The Bertz CT molecular complexity index is 2500. The van der Waals surface area contributed by atoms with Crippen LogP contribution in [-0.4, -0.2) is 94.6 Å². The quantitative estimate of drug-likeness (QED) is 0.0437. The molecule has 0 aliphatic carbocycles. The number of likely N-dealkylation sites (N-methyl/N-ethyl adjacent to an activating group) is 1. The molecule has 1 unspecified atom stereocenters. The Kier molecular flexibility index (Phi) is 15.5. The fourth-order valence-corrected chi connectivity index (χ4v) is 9.73. The molecule has 14 heteroatoms. The van der Waals surface area contributed by atoms with E-state index in [1.807, 2.05) is 65.4 Å². The second kappa shape index (κ2) is 22.0. The van der Waals surface area contributed by atoms with Gasteiger partial charge in [0, 0.05) is 30.6 Å². The van der Waals surface area contributed by atoms with Crippen LogP contribution in [0.5, 0.6) is 5.75 Å². The van der Waals surface area contributed by atoms with Crippen molar-refractivity contribution in [1.29, 1.82) is 0 Å². The number of hydrogen-bond acceptors (Lipinski definition) is 11. The van der Waals surface area contributed by atoms with E-state index >= 15 is 0 Å². The number of rotatable bonds is 20. The number of nitrogens with zero attached hydrogens (tertiary/aromatic N) is 6. The first-order chi connectivity index (χ1) is 32.2. The van der Waals surface area contributed by atoms with Gasteiger partial charge in [-0.15, -0.1) is 0 Å². The van der Waals surface area contributed by atoms with Gasteiger partial charge in [0.1, 0.15) is 12.0 Å². The average Bonchev–Trinajstić information content (AvgIpc) is 3.65. The normalized spacial score (nSPS) is 17.3. The summed E-state index contributed by atoms with van der Waals surface area (Å²) in [6.45, 7) is 4.64. The van der Waals surface area contributed by atoms with E-state index in [4.69, 9.17) is 21.3 Å². The number of ether oxygens (including phenoxy) is 1. The van der Waals surface area contributed by atoms with Crippen molar-refractivity contribution in [2.24, 2.45) is 5.41 Å². The second-order valence-electron chi connectivity index (χ2n) is 17.9. The van der Waals surface area contributed by atoms with Gasteiger partial charge >= 0.3 is 0 Å². The lowest BCUT2D eigenvalue weighted by atomic mass is 9.77. The molecule has 13 nitrogen and oxygen atoms in total. The summed E-state index contributed by atoms with van der Waals surface area (Å²) in [5.74, 6) is 0.764. The fraction of sp³-hybridized carbons (Fsp3) is 0.404. The number of likely N-dealkylation sites (tertiary alicyclic amines) is 1. The molecule has 3 aliphatic heterocycles. The minimum Gasteiger partial charge on any atom is -0.494 e. The molecule has 5 heterocycles. The van der Waals surface area contributed by atoms with Crippen LogP contribution in [0, 0.1) is 5.41 Å². The minimum atomic E-state index is -0.412. The number of aldehydes is 1. The number of halogens is 1. The number of carbonyl (C=O) groups excluding carboxylic acids is 4. The van der Waals surface area contributed by atoms with Crippen LogP contribution in [0.25, 0.3) is 22.4 Å². The Morgan fingerprint density at radius 2 is 1.59 bits per heavy atom. The molecule has 0 bridgehead atoms. The van der Waals surface area contributed by atoms with Gasteiger partial charge in [0.2, 0.25) is 23.7 Å². The maximum Gasteiger partial charge on any atom is 0.243 e. The van der Waals surface area contributed by atoms with Gasteiger partial charge in [0.25, 0.3) is 0 Å². The van der Waals surface area contributed by atoms with Crippen molar-refractivity contribution < 1.29 is 23.9 Å². The topological polar surface area (TPSA) is 150 Å². The summed E-state index contributed by atoms with van der Waals surface area (Å²) in [4.78, 5) is 69.7. The van der Waals surface area contributed by atoms with Crippen LogP contribution in [0.1, 0.15) is 93.0 Å². The molecular weight excluding hydrogens is 852 g/mol. The summed E-state index contributed by atoms with van der Waals surface area (Å²) in [5, 5.41) is 6.15. The third-order valence-electron chi connectivity index (χ3n) is 13.4. The van der Waals surface area contributed by atoms with Gasteiger partial charge in [-0.2, -0.15) is 0 Å². The largest absolute Gasteiger partial charge is 0.494 e. The number of anilines is 3. The van der Waals surface area contributed by atoms with Crippen molar-refractivity contribution >= 4 is 52.9 Å². The zero-order valence-electron chi connectivity index (χ0n) is 37.7. The number of pyridine rings is 1. The number of aromatic nitrogens is 3. The standard InChI is InChI=1S/C52H59ClN8O5/c1-59(46-19-20-47(63)57-49(46)64)35-41-30-44(18-17-40(41)36-62)66-28-11-6-4-2-3-5-10-24-60-25-21-52(22-26-60)23-27-61(50(52)65)43-31-42(32-54-33-43)56-51-55-34-45(53)48(58-51)39-16-12-15-38(29-39)37-13-8-7-9-14-37/h7-9,12-18,29-34,36,46H,2-6,10-11,19-28,35H2,1H3,(H,55,56,58)(H,57,63,64). The van der Waals surface area contributed by atoms with Gasteiger partial charge in [-0.1, -0.05) is 92.2 Å². The van der Waals surface area contributed by atoms with Crippen LogP contribution < -0.4 is 20.3 Å². The third kappa shape index (κ3) is 11.5. The first-order valence-electron chi connectivity index (χ1n) is 23.4. The second-order valence-corrected chi connectivity index (χ2v) is 18.3. The summed E-state index contributed by atoms with van der Waals surface area (Å²) in [5.41, 5.74) is 6.21. The zero-order valence-corrected chi connectivity index (χ0v) is 38.5. The van der Waals surface area contributed by atoms with Crippen LogP contribution in [0.4, 0.5) is 17.3 Å². The maximum atomic E-state index is 14.0. The van der Waals surface area contributed by atoms with E-state index in [1.165, 1.54) is 25.7 Å². The lowest BCUT2D eigenvalue weighted by molar-refractivity contribution is -0.137. The Morgan fingerprint density at radius 1 is 0.848 bits per heavy atom. The number of imide groups is 1. The van der Waals surface area contributed by atoms with Crippen molar-refractivity contribution in [3.8, 4) is 28.1 Å². The van der Waals surface area contributed by atoms with Crippen LogP contribution >= 0.6 is 11.6 Å². The number of benzene rings is 3. The Labute approximate surface area is 392 Å². The van der Waals surface area contributed by atoms with E-state index in [9.17, 15) is 19.2 Å². The highest BCUT2D eigenvalue weighted by Gasteiger charge is 2.48. The van der Waals surface area contributed by atoms with Gasteiger partial charge in [-0.05, 0) is 112 Å². The molecule has 3 aliphatic rings. The van der Waals surface area contributed by atoms with E-state index in [0.717, 1.165) is 92.4 Å². The van der Waals surface area contributed by atoms with Crippen molar-refractivity contribution in [1.82, 2.24) is 30.1 Å². The molecule has 344 valence electrons. The maximum absolute atomic E-state index is 14.0. The molecule has 3 fully saturated rings. The number of piperidine rings is 2. The first kappa shape index (κ1) is 46.5. The van der Waals surface area contributed by atoms with Crippen LogP contribution in [-0.2, 0) is 20.9 Å². The summed E-state index contributed by atoms with van der Waals surface area (Å²) in [6.07, 6.45) is 17.3. The molecular formula is C52H59ClN8O5. The smallest absolute Gasteiger partial charge is 0.243 e. The molecule has 3 aromatic carbocycles. The Morgan fingerprint density at radius 3 is 2.38 bits per heavy atom. The summed E-state index contributed by atoms with van der Waals surface area (Å²) >= 11 is 6.62. The highest BCUT2D eigenvalue weighted by Crippen LogP contribution is 2.43. The molecule has 1 atom stereocenters. The fourth-order valence-electron chi connectivity index (χ4n) is 9.53. The number of carbonyl (C=O) groups is 4. The molecule has 0 saturated carbocycles. The molecule has 8 rings (SSSR count). The van der Waals surface area contributed by atoms with E-state index in [2.05, 4.69) is 49.8 Å². The lowest BCUT2D eigenvalue weighted by Crippen LogP contribution is -2.51. The number of unbranched alkanes of at least 4 members (excludes halogenated alkanes) is 6. The molecule has 0 radical (unpaired) electrons. The van der Waals surface area contributed by atoms with Crippen molar-refractivity contribution in [3.05, 3.63) is 114 Å². The molecule has 2 aromatic heterocycles. The Balaban J connectivity index is 0.722. The summed E-state index contributed by atoms with van der Waals surface area (Å²) in [6, 6.07) is 25.3. The highest BCUT2D eigenvalue weighted by atomic mass is 35.5. The van der Waals surface area contributed by atoms with E-state index in [-0.39, 0.29) is 23.1 Å². The molecule has 66 heavy (non-hydrogen) atoms. The van der Waals surface area contributed by atoms with E-state index < -0.39 is 6.04 Å². The zero-order chi connectivity index (χ0) is 45.9. The number of nitrogens with one attached hydrogen (secondary N) is 2. The highest BCUT2D eigenvalue weighted by molar-refractivity contribution is 6.33. The van der Waals surface area contributed by atoms with Gasteiger partial charge in [0.15, 0.2) is 0 Å². The molecule has 3 saturated heterocycles. The van der Waals surface area contributed by atoms with Gasteiger partial charge in [-0.25, -0.2) is 9.97 Å². The summed E-state index contributed by atoms with van der Waals surface area (Å²) in [7, 11) is 1.83. The average molecular weight is 912 g/mol. The summed E-state index contributed by atoms with van der Waals surface area (Å²) < 4.78 is 6.04. The van der Waals surface area contributed by atoms with E-state index in [1.54, 1.807) is 24.7 Å². The van der Waals surface area contributed by atoms with Gasteiger partial charge in [-0.3, -0.25) is 34.4 Å². The predicted octanol–water partition coefficient (Wildman–Crippen LogP) is 9.28. The van der Waals surface area contributed by atoms with E-state index in [0.29, 0.717) is 66.2 Å². The number of hydrogen-bond donors (Lipinski definition) is 2. The minimum absolute atomic E-state index is 0.199. The molecule has 5 aromatic rings. The van der Waals surface area contributed by atoms with Crippen molar-refractivity contribution in [2.75, 3.05) is 50.1 Å². The molecule has 1 spiro atoms. The first-order valence-corrected chi connectivity index (χ1v) is 23.8. The Hall–Kier alpha value is -6.02. The van der Waals surface area contributed by atoms with Crippen molar-refractivity contribution in [3.63, 3.8) is 0 Å². The van der Waals surface area contributed by atoms with Crippen LogP contribution in [0.2, 0.25) is 5.02 Å². The predicted molar refractivity (Wildman–Crippen MR) is 258 cm³/mol. The molecule has 3 amide bonds. The van der Waals surface area contributed by atoms with Gasteiger partial charge in [0.05, 0.1) is 58.7 Å². The molecule has 2 N–H and O–H groups in total. The SMILES string of the molecule is CN(Cc1cc(OCCCCCCCCCN2CCC3(CC2)CCN(c2cncc(Nc4ncc(Cl)c(-c5cccc(-c6ccccc6)c5)n4)c2)C3=O)ccc1C=O)C1CCC(=O)NC1=O. The lowest BCUT2D eigenvalue weighted by Gasteiger charge is -2.38. The van der Waals surface area contributed by atoms with Gasteiger partial charge < -0.3 is 19.9 Å². The van der Waals surface area contributed by atoms with Crippen LogP contribution in [0.15, 0.2) is 97.5 Å². The number of amides is 3. The van der Waals surface area contributed by atoms with Crippen molar-refractivity contribution in [2.45, 2.75) is 89.6 Å².